The summed E-state index contributed by atoms with van der Waals surface area (Å²) in [6.07, 6.45) is 4.68. The van der Waals surface area contributed by atoms with Crippen molar-refractivity contribution in [2.75, 3.05) is 20.2 Å². The third-order valence-corrected chi connectivity index (χ3v) is 2.65. The van der Waals surface area contributed by atoms with Crippen molar-refractivity contribution < 1.29 is 9.53 Å². The maximum atomic E-state index is 11.3. The predicted octanol–water partition coefficient (Wildman–Crippen LogP) is 1.29. The Morgan fingerprint density at radius 3 is 2.88 bits per heavy atom. The number of hydrogen-bond acceptors (Lipinski definition) is 4. The molecule has 0 saturated heterocycles. The predicted molar refractivity (Wildman–Crippen MR) is 65.5 cm³/mol. The molecule has 0 amide bonds. The molecule has 0 radical (unpaired) electrons. The van der Waals surface area contributed by atoms with Crippen LogP contribution in [0.25, 0.3) is 0 Å². The first-order valence-corrected chi connectivity index (χ1v) is 5.99. The Morgan fingerprint density at radius 2 is 2.29 bits per heavy atom. The average Bonchev–Trinajstić information content (AvgIpc) is 2.76. The molecule has 0 unspecified atom stereocenters. The van der Waals surface area contributed by atoms with Crippen molar-refractivity contribution in [3.63, 3.8) is 0 Å². The minimum Gasteiger partial charge on any atom is -0.468 e. The van der Waals surface area contributed by atoms with Gasteiger partial charge in [0.05, 0.1) is 25.7 Å². The molecule has 0 aliphatic carbocycles. The van der Waals surface area contributed by atoms with Gasteiger partial charge in [-0.2, -0.15) is 0 Å². The van der Waals surface area contributed by atoms with Gasteiger partial charge in [0.1, 0.15) is 0 Å². The van der Waals surface area contributed by atoms with Crippen LogP contribution in [0.15, 0.2) is 12.5 Å². The van der Waals surface area contributed by atoms with Gasteiger partial charge in [-0.05, 0) is 19.9 Å². The zero-order valence-corrected chi connectivity index (χ0v) is 10.8. The Kier molecular flexibility index (Phi) is 5.69. The molecule has 0 aliphatic heterocycles. The van der Waals surface area contributed by atoms with Crippen molar-refractivity contribution in [1.29, 1.82) is 0 Å². The van der Waals surface area contributed by atoms with Crippen LogP contribution < -0.4 is 0 Å². The van der Waals surface area contributed by atoms with Crippen molar-refractivity contribution in [3.8, 4) is 0 Å². The largest absolute Gasteiger partial charge is 0.468 e. The topological polar surface area (TPSA) is 47.4 Å². The maximum absolute atomic E-state index is 11.3. The van der Waals surface area contributed by atoms with Gasteiger partial charge in [-0.25, -0.2) is 4.98 Å². The van der Waals surface area contributed by atoms with Crippen LogP contribution in [0.5, 0.6) is 0 Å². The normalized spacial score (nSPS) is 10.8. The number of methoxy groups -OCH3 is 1. The van der Waals surface area contributed by atoms with E-state index in [0.717, 1.165) is 31.7 Å². The first-order valence-electron chi connectivity index (χ1n) is 5.99. The molecular weight excluding hydrogens is 218 g/mol. The second-order valence-corrected chi connectivity index (χ2v) is 3.96. The van der Waals surface area contributed by atoms with Gasteiger partial charge in [-0.1, -0.05) is 6.92 Å². The van der Waals surface area contributed by atoms with Gasteiger partial charge in [-0.3, -0.25) is 9.69 Å². The van der Waals surface area contributed by atoms with E-state index < -0.39 is 0 Å². The first-order chi connectivity index (χ1) is 8.21. The van der Waals surface area contributed by atoms with Gasteiger partial charge in [0.25, 0.3) is 0 Å². The highest BCUT2D eigenvalue weighted by Gasteiger charge is 2.12. The molecule has 0 bridgehead atoms. The lowest BCUT2D eigenvalue weighted by atomic mass is 10.3. The fraction of sp³-hybridized carbons (Fsp3) is 0.667. The second-order valence-electron chi connectivity index (χ2n) is 3.96. The summed E-state index contributed by atoms with van der Waals surface area (Å²) in [6, 6.07) is 0. The summed E-state index contributed by atoms with van der Waals surface area (Å²) in [5, 5.41) is 0. The van der Waals surface area contributed by atoms with Crippen LogP contribution in [0.2, 0.25) is 0 Å². The van der Waals surface area contributed by atoms with E-state index in [9.17, 15) is 4.79 Å². The van der Waals surface area contributed by atoms with Crippen LogP contribution in [-0.2, 0) is 22.6 Å². The van der Waals surface area contributed by atoms with Gasteiger partial charge in [0.2, 0.25) is 0 Å². The van der Waals surface area contributed by atoms with Crippen LogP contribution >= 0.6 is 0 Å². The van der Waals surface area contributed by atoms with E-state index in [2.05, 4.69) is 28.3 Å². The van der Waals surface area contributed by atoms with Gasteiger partial charge >= 0.3 is 5.97 Å². The number of rotatable bonds is 7. The monoisotopic (exact) mass is 239 g/mol. The van der Waals surface area contributed by atoms with E-state index in [0.29, 0.717) is 6.54 Å². The lowest BCUT2D eigenvalue weighted by molar-refractivity contribution is -0.142. The molecule has 17 heavy (non-hydrogen) atoms. The summed E-state index contributed by atoms with van der Waals surface area (Å²) < 4.78 is 6.78. The van der Waals surface area contributed by atoms with E-state index in [1.807, 2.05) is 12.5 Å². The van der Waals surface area contributed by atoms with E-state index in [1.165, 1.54) is 7.11 Å². The van der Waals surface area contributed by atoms with Gasteiger partial charge in [-0.15, -0.1) is 0 Å². The number of aryl methyl sites for hydroxylation is 1. The minimum absolute atomic E-state index is 0.194. The molecule has 0 atom stereocenters. The van der Waals surface area contributed by atoms with E-state index >= 15 is 0 Å². The van der Waals surface area contributed by atoms with Crippen LogP contribution in [-0.4, -0.2) is 40.6 Å². The number of imidazole rings is 1. The molecule has 1 heterocycles. The highest BCUT2D eigenvalue weighted by Crippen LogP contribution is 2.05. The van der Waals surface area contributed by atoms with Crippen molar-refractivity contribution in [3.05, 3.63) is 18.2 Å². The van der Waals surface area contributed by atoms with Gasteiger partial charge in [0.15, 0.2) is 0 Å². The van der Waals surface area contributed by atoms with E-state index in [-0.39, 0.29) is 5.97 Å². The number of esters is 1. The molecule has 96 valence electrons. The van der Waals surface area contributed by atoms with Gasteiger partial charge < -0.3 is 9.30 Å². The van der Waals surface area contributed by atoms with Crippen molar-refractivity contribution in [1.82, 2.24) is 14.5 Å². The molecule has 0 aliphatic rings. The van der Waals surface area contributed by atoms with Gasteiger partial charge in [0, 0.05) is 19.3 Å². The van der Waals surface area contributed by atoms with Crippen LogP contribution in [0.4, 0.5) is 0 Å². The summed E-state index contributed by atoms with van der Waals surface area (Å²) in [7, 11) is 1.42. The standard InChI is InChI=1S/C12H21N3O2/c1-4-6-14(9-12(16)17-3)8-11-7-13-10-15(11)5-2/h7,10H,4-6,8-9H2,1-3H3. The molecule has 1 rings (SSSR count). The highest BCUT2D eigenvalue weighted by molar-refractivity contribution is 5.71. The molecule has 1 aromatic rings. The highest BCUT2D eigenvalue weighted by atomic mass is 16.5. The third kappa shape index (κ3) is 4.19. The number of carbonyl (C=O) groups is 1. The molecule has 0 saturated carbocycles. The summed E-state index contributed by atoms with van der Waals surface area (Å²) >= 11 is 0. The molecule has 1 aromatic heterocycles. The van der Waals surface area contributed by atoms with Crippen molar-refractivity contribution in [2.45, 2.75) is 33.4 Å². The molecule has 0 aromatic carbocycles. The molecular formula is C12H21N3O2. The van der Waals surface area contributed by atoms with Crippen molar-refractivity contribution in [2.24, 2.45) is 0 Å². The summed E-state index contributed by atoms with van der Waals surface area (Å²) in [6.45, 7) is 7.02. The zero-order chi connectivity index (χ0) is 12.7. The SMILES string of the molecule is CCCN(CC(=O)OC)Cc1cncn1CC. The molecule has 0 spiro atoms. The second kappa shape index (κ2) is 7.06. The Balaban J connectivity index is 2.62. The Hall–Kier alpha value is -1.36. The lowest BCUT2D eigenvalue weighted by Gasteiger charge is -2.20. The maximum Gasteiger partial charge on any atom is 0.319 e. The van der Waals surface area contributed by atoms with Crippen LogP contribution in [0, 0.1) is 0 Å². The summed E-state index contributed by atoms with van der Waals surface area (Å²) in [5.74, 6) is -0.194. The molecule has 5 nitrogen and oxygen atoms in total. The average molecular weight is 239 g/mol. The fourth-order valence-electron chi connectivity index (χ4n) is 1.77. The van der Waals surface area contributed by atoms with Crippen LogP contribution in [0.1, 0.15) is 26.0 Å². The minimum atomic E-state index is -0.194. The number of hydrogen-bond donors (Lipinski definition) is 0. The van der Waals surface area contributed by atoms with Crippen molar-refractivity contribution >= 4 is 5.97 Å². The quantitative estimate of drug-likeness (QED) is 0.673. The molecule has 5 heteroatoms. The van der Waals surface area contributed by atoms with Crippen LogP contribution in [0.3, 0.4) is 0 Å². The fourth-order valence-corrected chi connectivity index (χ4v) is 1.77. The lowest BCUT2D eigenvalue weighted by Crippen LogP contribution is -2.31. The smallest absolute Gasteiger partial charge is 0.319 e. The number of nitrogens with zero attached hydrogens (tertiary/aromatic N) is 3. The molecule has 0 N–H and O–H groups in total. The molecule has 0 fully saturated rings. The third-order valence-electron chi connectivity index (χ3n) is 2.65. The Bertz CT molecular complexity index is 349. The van der Waals surface area contributed by atoms with E-state index in [4.69, 9.17) is 4.74 Å². The first kappa shape index (κ1) is 13.7. The number of carbonyl (C=O) groups excluding carboxylic acids is 1. The summed E-state index contributed by atoms with van der Waals surface area (Å²) in [5.41, 5.74) is 1.13. The number of aromatic nitrogens is 2. The Labute approximate surface area is 102 Å². The Morgan fingerprint density at radius 1 is 1.53 bits per heavy atom. The van der Waals surface area contributed by atoms with E-state index in [1.54, 1.807) is 0 Å². The summed E-state index contributed by atoms with van der Waals surface area (Å²) in [4.78, 5) is 17.5. The number of ether oxygens (including phenoxy) is 1. The zero-order valence-electron chi connectivity index (χ0n) is 10.8.